The summed E-state index contributed by atoms with van der Waals surface area (Å²) >= 11 is 3.31. The molecule has 0 unspecified atom stereocenters. The van der Waals surface area contributed by atoms with E-state index in [9.17, 15) is 18.0 Å². The Hall–Kier alpha value is -1.29. The average molecular weight is 432 g/mol. The van der Waals surface area contributed by atoms with E-state index in [-0.39, 0.29) is 37.6 Å². The topological polar surface area (TPSA) is 78.0 Å². The third-order valence-corrected chi connectivity index (χ3v) is 6.58. The van der Waals surface area contributed by atoms with Crippen LogP contribution in [0.2, 0.25) is 0 Å². The van der Waals surface area contributed by atoms with Gasteiger partial charge in [0.25, 0.3) is 10.2 Å². The second kappa shape index (κ2) is 8.39. The molecule has 1 aromatic carbocycles. The van der Waals surface area contributed by atoms with Gasteiger partial charge in [0.2, 0.25) is 5.91 Å². The molecule has 0 N–H and O–H groups in total. The van der Waals surface area contributed by atoms with Crippen LogP contribution in [0.15, 0.2) is 28.7 Å². The summed E-state index contributed by atoms with van der Waals surface area (Å²) in [4.78, 5) is 26.0. The fraction of sp³-hybridized carbons (Fsp3) is 0.500. The molecule has 0 spiro atoms. The molecule has 1 aliphatic heterocycles. The van der Waals surface area contributed by atoms with Gasteiger partial charge >= 0.3 is 0 Å². The van der Waals surface area contributed by atoms with Gasteiger partial charge < -0.3 is 4.90 Å². The van der Waals surface area contributed by atoms with Crippen molar-refractivity contribution in [3.05, 3.63) is 34.3 Å². The molecule has 1 saturated heterocycles. The molecular weight excluding hydrogens is 410 g/mol. The third kappa shape index (κ3) is 5.10. The van der Waals surface area contributed by atoms with E-state index in [1.54, 1.807) is 29.2 Å². The Morgan fingerprint density at radius 3 is 2.12 bits per heavy atom. The summed E-state index contributed by atoms with van der Waals surface area (Å²) in [5.74, 6) is -0.193. The lowest BCUT2D eigenvalue weighted by Crippen LogP contribution is -2.53. The maximum absolute atomic E-state index is 12.3. The Kier molecular flexibility index (Phi) is 6.72. The largest absolute Gasteiger partial charge is 0.340 e. The van der Waals surface area contributed by atoms with E-state index in [0.29, 0.717) is 18.7 Å². The molecule has 0 radical (unpaired) electrons. The van der Waals surface area contributed by atoms with Crippen LogP contribution >= 0.6 is 15.9 Å². The number of hydrogen-bond donors (Lipinski definition) is 0. The quantitative estimate of drug-likeness (QED) is 0.637. The first kappa shape index (κ1) is 20.0. The number of ketones is 1. The molecule has 0 aliphatic carbocycles. The van der Waals surface area contributed by atoms with Crippen molar-refractivity contribution < 1.29 is 18.0 Å². The third-order valence-electron chi connectivity index (χ3n) is 4.11. The van der Waals surface area contributed by atoms with Gasteiger partial charge in [0.05, 0.1) is 0 Å². The van der Waals surface area contributed by atoms with Crippen molar-refractivity contribution in [2.75, 3.05) is 40.3 Å². The van der Waals surface area contributed by atoms with E-state index < -0.39 is 10.2 Å². The van der Waals surface area contributed by atoms with Crippen molar-refractivity contribution in [2.45, 2.75) is 12.8 Å². The van der Waals surface area contributed by atoms with Gasteiger partial charge in [-0.1, -0.05) is 28.1 Å². The smallest absolute Gasteiger partial charge is 0.281 e. The molecule has 1 aliphatic rings. The van der Waals surface area contributed by atoms with Crippen molar-refractivity contribution in [2.24, 2.45) is 0 Å². The van der Waals surface area contributed by atoms with Gasteiger partial charge in [0.1, 0.15) is 0 Å². The minimum Gasteiger partial charge on any atom is -0.340 e. The van der Waals surface area contributed by atoms with E-state index in [1.165, 1.54) is 22.7 Å². The van der Waals surface area contributed by atoms with Crippen molar-refractivity contribution >= 4 is 37.8 Å². The molecule has 0 aromatic heterocycles. The van der Waals surface area contributed by atoms with Crippen molar-refractivity contribution in [1.29, 1.82) is 0 Å². The maximum atomic E-state index is 12.3. The Morgan fingerprint density at radius 2 is 1.60 bits per heavy atom. The highest BCUT2D eigenvalue weighted by Crippen LogP contribution is 2.14. The van der Waals surface area contributed by atoms with Crippen LogP contribution in [0, 0.1) is 0 Å². The zero-order valence-corrected chi connectivity index (χ0v) is 16.7. The van der Waals surface area contributed by atoms with Gasteiger partial charge in [0.15, 0.2) is 5.78 Å². The lowest BCUT2D eigenvalue weighted by atomic mass is 10.1. The van der Waals surface area contributed by atoms with Gasteiger partial charge in [0, 0.05) is 63.2 Å². The molecular formula is C16H22BrN3O4S. The predicted octanol–water partition coefficient (Wildman–Crippen LogP) is 1.36. The van der Waals surface area contributed by atoms with Crippen molar-refractivity contribution in [1.82, 2.24) is 13.5 Å². The summed E-state index contributed by atoms with van der Waals surface area (Å²) in [6.45, 7) is 1.23. The first-order valence-electron chi connectivity index (χ1n) is 7.96. The van der Waals surface area contributed by atoms with Crippen LogP contribution in [0.25, 0.3) is 0 Å². The zero-order chi connectivity index (χ0) is 18.6. The van der Waals surface area contributed by atoms with Gasteiger partial charge in [-0.25, -0.2) is 0 Å². The molecule has 9 heteroatoms. The Labute approximate surface area is 156 Å². The minimum absolute atomic E-state index is 0.0744. The molecule has 7 nitrogen and oxygen atoms in total. The highest BCUT2D eigenvalue weighted by Gasteiger charge is 2.30. The van der Waals surface area contributed by atoms with E-state index in [1.807, 2.05) is 0 Å². The number of benzene rings is 1. The number of Topliss-reactive ketones (excluding diaryl/α,β-unsaturated/α-hetero) is 1. The predicted molar refractivity (Wildman–Crippen MR) is 98.5 cm³/mol. The summed E-state index contributed by atoms with van der Waals surface area (Å²) < 4.78 is 27.5. The Bertz CT molecular complexity index is 726. The highest BCUT2D eigenvalue weighted by atomic mass is 79.9. The lowest BCUT2D eigenvalue weighted by Gasteiger charge is -2.35. The fourth-order valence-electron chi connectivity index (χ4n) is 2.56. The van der Waals surface area contributed by atoms with Gasteiger partial charge in [-0.05, 0) is 12.1 Å². The number of carbonyl (C=O) groups is 2. The first-order chi connectivity index (χ1) is 11.7. The summed E-state index contributed by atoms with van der Waals surface area (Å²) in [5.41, 5.74) is 0.581. The maximum Gasteiger partial charge on any atom is 0.281 e. The normalized spacial score (nSPS) is 16.2. The molecule has 0 atom stereocenters. The molecule has 2 rings (SSSR count). The van der Waals surface area contributed by atoms with E-state index in [4.69, 9.17) is 0 Å². The molecule has 1 fully saturated rings. The van der Waals surface area contributed by atoms with Crippen LogP contribution < -0.4 is 0 Å². The van der Waals surface area contributed by atoms with Gasteiger partial charge in [-0.3, -0.25) is 9.59 Å². The molecule has 0 saturated carbocycles. The molecule has 0 bridgehead atoms. The van der Waals surface area contributed by atoms with Crippen LogP contribution in [0.4, 0.5) is 0 Å². The van der Waals surface area contributed by atoms with Crippen molar-refractivity contribution in [3.8, 4) is 0 Å². The molecule has 138 valence electrons. The number of rotatable bonds is 6. The second-order valence-electron chi connectivity index (χ2n) is 6.00. The highest BCUT2D eigenvalue weighted by molar-refractivity contribution is 9.10. The number of halogens is 1. The number of hydrogen-bond acceptors (Lipinski definition) is 4. The SMILES string of the molecule is CN(C)S(=O)(=O)N1CCN(C(=O)CCC(=O)c2ccc(Br)cc2)CC1. The number of nitrogens with zero attached hydrogens (tertiary/aromatic N) is 3. The van der Waals surface area contributed by atoms with Gasteiger partial charge in [-0.2, -0.15) is 17.0 Å². The zero-order valence-electron chi connectivity index (χ0n) is 14.3. The van der Waals surface area contributed by atoms with Crippen LogP contribution in [0.1, 0.15) is 23.2 Å². The summed E-state index contributed by atoms with van der Waals surface area (Å²) in [6.07, 6.45) is 0.284. The van der Waals surface area contributed by atoms with Crippen LogP contribution in [0.5, 0.6) is 0 Å². The van der Waals surface area contributed by atoms with Gasteiger partial charge in [-0.15, -0.1) is 0 Å². The number of amides is 1. The van der Waals surface area contributed by atoms with Crippen LogP contribution in [0.3, 0.4) is 0 Å². The van der Waals surface area contributed by atoms with E-state index in [0.717, 1.165) is 4.47 Å². The molecule has 1 heterocycles. The number of piperazine rings is 1. The monoisotopic (exact) mass is 431 g/mol. The molecule has 1 amide bonds. The fourth-order valence-corrected chi connectivity index (χ4v) is 3.91. The minimum atomic E-state index is -3.44. The Balaban J connectivity index is 1.83. The standard InChI is InChI=1S/C16H22BrN3O4S/c1-18(2)25(23,24)20-11-9-19(10-12-20)16(22)8-7-15(21)13-3-5-14(17)6-4-13/h3-6H,7-12H2,1-2H3. The molecule has 25 heavy (non-hydrogen) atoms. The second-order valence-corrected chi connectivity index (χ2v) is 9.06. The van der Waals surface area contributed by atoms with E-state index >= 15 is 0 Å². The van der Waals surface area contributed by atoms with Crippen molar-refractivity contribution in [3.63, 3.8) is 0 Å². The average Bonchev–Trinajstić information content (AvgIpc) is 2.60. The summed E-state index contributed by atoms with van der Waals surface area (Å²) in [7, 11) is -0.470. The molecule has 1 aromatic rings. The summed E-state index contributed by atoms with van der Waals surface area (Å²) in [5, 5.41) is 0. The number of carbonyl (C=O) groups excluding carboxylic acids is 2. The Morgan fingerprint density at radius 1 is 1.04 bits per heavy atom. The van der Waals surface area contributed by atoms with E-state index in [2.05, 4.69) is 15.9 Å². The summed E-state index contributed by atoms with van der Waals surface area (Å²) in [6, 6.07) is 7.03. The first-order valence-corrected chi connectivity index (χ1v) is 10.1. The van der Waals surface area contributed by atoms with Crippen LogP contribution in [-0.2, 0) is 15.0 Å². The van der Waals surface area contributed by atoms with Crippen LogP contribution in [-0.4, -0.2) is 73.9 Å². The lowest BCUT2D eigenvalue weighted by molar-refractivity contribution is -0.132.